The van der Waals surface area contributed by atoms with Crippen molar-refractivity contribution in [3.8, 4) is 15.8 Å². The zero-order valence-corrected chi connectivity index (χ0v) is 10.8. The molecule has 0 amide bonds. The predicted molar refractivity (Wildman–Crippen MR) is 70.9 cm³/mol. The fourth-order valence-corrected chi connectivity index (χ4v) is 3.78. The van der Waals surface area contributed by atoms with Crippen LogP contribution in [0.4, 0.5) is 5.69 Å². The standard InChI is InChI=1S/C12H12N2S2/c1-3-8-11(14)10(6-13)16-12(8)9-5-4-7(2)15-9/h4-5H,3,14H2,1-2H3. The summed E-state index contributed by atoms with van der Waals surface area (Å²) in [6, 6.07) is 6.37. The van der Waals surface area contributed by atoms with E-state index >= 15 is 0 Å². The molecule has 0 aliphatic rings. The molecule has 0 aliphatic heterocycles. The average Bonchev–Trinajstić information content (AvgIpc) is 2.82. The first-order valence-corrected chi connectivity index (χ1v) is 6.68. The molecule has 2 aromatic rings. The van der Waals surface area contributed by atoms with Crippen LogP contribution >= 0.6 is 22.7 Å². The second-order valence-electron chi connectivity index (χ2n) is 3.53. The summed E-state index contributed by atoms with van der Waals surface area (Å²) in [7, 11) is 0. The summed E-state index contributed by atoms with van der Waals surface area (Å²) < 4.78 is 0. The minimum atomic E-state index is 0.637. The van der Waals surface area contributed by atoms with Gasteiger partial charge in [0.15, 0.2) is 0 Å². The number of hydrogen-bond acceptors (Lipinski definition) is 4. The first kappa shape index (κ1) is 11.2. The lowest BCUT2D eigenvalue weighted by Gasteiger charge is -1.98. The van der Waals surface area contributed by atoms with Crippen molar-refractivity contribution in [1.82, 2.24) is 0 Å². The van der Waals surface area contributed by atoms with E-state index in [9.17, 15) is 0 Å². The Hall–Kier alpha value is -1.31. The maximum Gasteiger partial charge on any atom is 0.128 e. The summed E-state index contributed by atoms with van der Waals surface area (Å²) in [5, 5.41) is 8.99. The third-order valence-electron chi connectivity index (χ3n) is 2.47. The van der Waals surface area contributed by atoms with Crippen molar-refractivity contribution >= 4 is 28.4 Å². The van der Waals surface area contributed by atoms with Crippen molar-refractivity contribution in [2.24, 2.45) is 0 Å². The van der Waals surface area contributed by atoms with Crippen molar-refractivity contribution in [3.63, 3.8) is 0 Å². The van der Waals surface area contributed by atoms with Crippen molar-refractivity contribution in [2.75, 3.05) is 5.73 Å². The number of nitrogens with two attached hydrogens (primary N) is 1. The summed E-state index contributed by atoms with van der Waals surface area (Å²) >= 11 is 3.25. The van der Waals surface area contributed by atoms with Crippen molar-refractivity contribution in [1.29, 1.82) is 5.26 Å². The van der Waals surface area contributed by atoms with E-state index in [1.54, 1.807) is 11.3 Å². The lowest BCUT2D eigenvalue weighted by molar-refractivity contribution is 1.16. The van der Waals surface area contributed by atoms with Gasteiger partial charge in [-0.15, -0.1) is 22.7 Å². The summed E-state index contributed by atoms with van der Waals surface area (Å²) in [6.45, 7) is 4.16. The molecular formula is C12H12N2S2. The first-order chi connectivity index (χ1) is 7.67. The normalized spacial score (nSPS) is 10.3. The smallest absolute Gasteiger partial charge is 0.128 e. The molecule has 0 saturated carbocycles. The van der Waals surface area contributed by atoms with Crippen molar-refractivity contribution in [2.45, 2.75) is 20.3 Å². The van der Waals surface area contributed by atoms with E-state index in [-0.39, 0.29) is 0 Å². The molecule has 2 rings (SSSR count). The molecule has 0 saturated heterocycles. The topological polar surface area (TPSA) is 49.8 Å². The van der Waals surface area contributed by atoms with Gasteiger partial charge in [0.05, 0.1) is 10.6 Å². The zero-order chi connectivity index (χ0) is 11.7. The van der Waals surface area contributed by atoms with E-state index in [1.165, 1.54) is 21.1 Å². The van der Waals surface area contributed by atoms with Crippen LogP contribution in [0.5, 0.6) is 0 Å². The Morgan fingerprint density at radius 2 is 2.12 bits per heavy atom. The number of aryl methyl sites for hydroxylation is 1. The van der Waals surface area contributed by atoms with Gasteiger partial charge in [-0.25, -0.2) is 0 Å². The number of nitriles is 1. The van der Waals surface area contributed by atoms with E-state index < -0.39 is 0 Å². The molecule has 2 aromatic heterocycles. The van der Waals surface area contributed by atoms with Crippen molar-refractivity contribution < 1.29 is 0 Å². The molecule has 0 aliphatic carbocycles. The number of anilines is 1. The molecule has 0 radical (unpaired) electrons. The molecule has 0 fully saturated rings. The van der Waals surface area contributed by atoms with E-state index in [0.717, 1.165) is 16.9 Å². The van der Waals surface area contributed by atoms with Crippen LogP contribution in [-0.2, 0) is 6.42 Å². The minimum Gasteiger partial charge on any atom is -0.397 e. The second-order valence-corrected chi connectivity index (χ2v) is 5.84. The van der Waals surface area contributed by atoms with Crippen LogP contribution in [0.15, 0.2) is 12.1 Å². The average molecular weight is 248 g/mol. The van der Waals surface area contributed by atoms with Gasteiger partial charge in [-0.05, 0) is 31.0 Å². The molecule has 2 N–H and O–H groups in total. The fourth-order valence-electron chi connectivity index (χ4n) is 1.67. The van der Waals surface area contributed by atoms with Gasteiger partial charge in [-0.2, -0.15) is 5.26 Å². The van der Waals surface area contributed by atoms with E-state index in [1.807, 2.05) is 0 Å². The molecule has 0 bridgehead atoms. The van der Waals surface area contributed by atoms with Gasteiger partial charge in [-0.1, -0.05) is 6.92 Å². The van der Waals surface area contributed by atoms with Gasteiger partial charge in [0.25, 0.3) is 0 Å². The second kappa shape index (κ2) is 4.28. The molecule has 0 unspecified atom stereocenters. The molecule has 2 heterocycles. The molecule has 4 heteroatoms. The maximum atomic E-state index is 8.99. The van der Waals surface area contributed by atoms with Crippen LogP contribution in [0.25, 0.3) is 9.75 Å². The van der Waals surface area contributed by atoms with Crippen LogP contribution < -0.4 is 5.73 Å². The van der Waals surface area contributed by atoms with Gasteiger partial charge in [0.1, 0.15) is 10.9 Å². The maximum absolute atomic E-state index is 8.99. The number of nitrogen functional groups attached to an aromatic ring is 1. The van der Waals surface area contributed by atoms with Gasteiger partial charge < -0.3 is 5.73 Å². The summed E-state index contributed by atoms with van der Waals surface area (Å²) in [5.74, 6) is 0. The molecule has 0 aromatic carbocycles. The first-order valence-electron chi connectivity index (χ1n) is 5.05. The largest absolute Gasteiger partial charge is 0.397 e. The Morgan fingerprint density at radius 1 is 1.38 bits per heavy atom. The molecule has 16 heavy (non-hydrogen) atoms. The summed E-state index contributed by atoms with van der Waals surface area (Å²) in [5.41, 5.74) is 7.74. The van der Waals surface area contributed by atoms with Crippen LogP contribution in [-0.4, -0.2) is 0 Å². The van der Waals surface area contributed by atoms with Gasteiger partial charge in [0, 0.05) is 9.75 Å². The summed E-state index contributed by atoms with van der Waals surface area (Å²) in [6.07, 6.45) is 0.871. The van der Waals surface area contributed by atoms with Gasteiger partial charge >= 0.3 is 0 Å². The van der Waals surface area contributed by atoms with E-state index in [2.05, 4.69) is 32.0 Å². The SMILES string of the molecule is CCc1c(-c2ccc(C)s2)sc(C#N)c1N. The third-order valence-corrected chi connectivity index (χ3v) is 4.80. The van der Waals surface area contributed by atoms with Gasteiger partial charge in [0.2, 0.25) is 0 Å². The predicted octanol–water partition coefficient (Wildman–Crippen LogP) is 3.80. The van der Waals surface area contributed by atoms with E-state index in [0.29, 0.717) is 10.6 Å². The molecule has 0 spiro atoms. The van der Waals surface area contributed by atoms with Gasteiger partial charge in [-0.3, -0.25) is 0 Å². The highest BCUT2D eigenvalue weighted by Gasteiger charge is 2.16. The Labute approximate surface area is 103 Å². The van der Waals surface area contributed by atoms with E-state index in [4.69, 9.17) is 11.0 Å². The monoisotopic (exact) mass is 248 g/mol. The van der Waals surface area contributed by atoms with Crippen LogP contribution in [0, 0.1) is 18.3 Å². The Bertz CT molecular complexity index is 558. The zero-order valence-electron chi connectivity index (χ0n) is 9.20. The third kappa shape index (κ3) is 1.73. The van der Waals surface area contributed by atoms with Crippen LogP contribution in [0.2, 0.25) is 0 Å². The minimum absolute atomic E-state index is 0.637. The Balaban J connectivity index is 2.61. The quantitative estimate of drug-likeness (QED) is 0.878. The molecule has 0 atom stereocenters. The number of nitrogens with zero attached hydrogens (tertiary/aromatic N) is 1. The van der Waals surface area contributed by atoms with Crippen LogP contribution in [0.1, 0.15) is 22.2 Å². The lowest BCUT2D eigenvalue weighted by Crippen LogP contribution is -1.90. The molecule has 2 nitrogen and oxygen atoms in total. The highest BCUT2D eigenvalue weighted by molar-refractivity contribution is 7.22. The Kier molecular flexibility index (Phi) is 2.99. The Morgan fingerprint density at radius 3 is 2.62 bits per heavy atom. The number of rotatable bonds is 2. The fraction of sp³-hybridized carbons (Fsp3) is 0.250. The summed E-state index contributed by atoms with van der Waals surface area (Å²) in [4.78, 5) is 4.29. The van der Waals surface area contributed by atoms with Crippen molar-refractivity contribution in [3.05, 3.63) is 27.5 Å². The number of hydrogen-bond donors (Lipinski definition) is 1. The molecule has 82 valence electrons. The molecular weight excluding hydrogens is 236 g/mol. The van der Waals surface area contributed by atoms with Crippen LogP contribution in [0.3, 0.4) is 0 Å². The highest BCUT2D eigenvalue weighted by atomic mass is 32.1. The number of thiophene rings is 2. The highest BCUT2D eigenvalue weighted by Crippen LogP contribution is 2.41. The lowest BCUT2D eigenvalue weighted by atomic mass is 10.1.